The minimum absolute atomic E-state index is 0.108. The van der Waals surface area contributed by atoms with Crippen molar-refractivity contribution in [1.82, 2.24) is 15.2 Å². The molecule has 4 N–H and O–H groups in total. The molecule has 0 radical (unpaired) electrons. The Labute approximate surface area is 152 Å². The molecule has 0 spiro atoms. The number of benzene rings is 1. The summed E-state index contributed by atoms with van der Waals surface area (Å²) in [5.74, 6) is 1.08. The van der Waals surface area contributed by atoms with Gasteiger partial charge in [-0.15, -0.1) is 5.10 Å². The minimum Gasteiger partial charge on any atom is -0.376 e. The summed E-state index contributed by atoms with van der Waals surface area (Å²) in [5.41, 5.74) is 0.989. The average molecular weight is 378 g/mol. The Morgan fingerprint density at radius 3 is 2.73 bits per heavy atom. The number of nitrogens with zero attached hydrogens (tertiary/aromatic N) is 3. The Balaban J connectivity index is 1.47. The van der Waals surface area contributed by atoms with E-state index in [1.165, 1.54) is 12.1 Å². The summed E-state index contributed by atoms with van der Waals surface area (Å²) in [6, 6.07) is 6.50. The molecule has 1 atom stereocenters. The predicted octanol–water partition coefficient (Wildman–Crippen LogP) is 0.764. The first-order valence-electron chi connectivity index (χ1n) is 8.41. The Kier molecular flexibility index (Phi) is 5.96. The third kappa shape index (κ3) is 5.35. The van der Waals surface area contributed by atoms with Gasteiger partial charge in [-0.2, -0.15) is 10.1 Å². The van der Waals surface area contributed by atoms with Crippen LogP contribution in [0, 0.1) is 0 Å². The highest BCUT2D eigenvalue weighted by molar-refractivity contribution is 7.89. The number of anilines is 2. The van der Waals surface area contributed by atoms with Crippen LogP contribution in [0.2, 0.25) is 0 Å². The molecule has 2 heterocycles. The van der Waals surface area contributed by atoms with Gasteiger partial charge in [-0.25, -0.2) is 13.6 Å². The van der Waals surface area contributed by atoms with Gasteiger partial charge >= 0.3 is 0 Å². The smallest absolute Gasteiger partial charge is 0.244 e. The van der Waals surface area contributed by atoms with Gasteiger partial charge < -0.3 is 15.4 Å². The van der Waals surface area contributed by atoms with E-state index in [9.17, 15) is 8.42 Å². The SMILES string of the molecule is NS(=O)(=O)c1ccc(CCNc2cnnc(NCC3CCCO3)n2)cc1. The average Bonchev–Trinajstić information content (AvgIpc) is 3.14. The monoisotopic (exact) mass is 378 g/mol. The van der Waals surface area contributed by atoms with Crippen LogP contribution in [0.4, 0.5) is 11.8 Å². The van der Waals surface area contributed by atoms with Crippen LogP contribution in [-0.4, -0.2) is 49.4 Å². The molecule has 0 aliphatic carbocycles. The van der Waals surface area contributed by atoms with Crippen molar-refractivity contribution >= 4 is 21.8 Å². The highest BCUT2D eigenvalue weighted by Crippen LogP contribution is 2.13. The molecular weight excluding hydrogens is 356 g/mol. The zero-order valence-corrected chi connectivity index (χ0v) is 15.1. The maximum absolute atomic E-state index is 11.2. The van der Waals surface area contributed by atoms with Crippen LogP contribution in [0.25, 0.3) is 0 Å². The van der Waals surface area contributed by atoms with Crippen LogP contribution in [0.3, 0.4) is 0 Å². The summed E-state index contributed by atoms with van der Waals surface area (Å²) in [4.78, 5) is 4.47. The number of primary sulfonamides is 1. The fraction of sp³-hybridized carbons (Fsp3) is 0.438. The molecule has 1 aromatic carbocycles. The van der Waals surface area contributed by atoms with E-state index in [1.807, 2.05) is 0 Å². The molecular formula is C16H22N6O3S. The minimum atomic E-state index is -3.66. The Morgan fingerprint density at radius 1 is 1.23 bits per heavy atom. The van der Waals surface area contributed by atoms with E-state index >= 15 is 0 Å². The van der Waals surface area contributed by atoms with Gasteiger partial charge in [0.25, 0.3) is 0 Å². The number of hydrogen-bond donors (Lipinski definition) is 3. The molecule has 0 bridgehead atoms. The van der Waals surface area contributed by atoms with Crippen molar-refractivity contribution in [3.8, 4) is 0 Å². The summed E-state index contributed by atoms with van der Waals surface area (Å²) in [5, 5.41) is 19.3. The summed E-state index contributed by atoms with van der Waals surface area (Å²) >= 11 is 0. The van der Waals surface area contributed by atoms with E-state index in [2.05, 4.69) is 25.8 Å². The molecule has 1 aromatic heterocycles. The highest BCUT2D eigenvalue weighted by Gasteiger charge is 2.15. The molecule has 1 unspecified atom stereocenters. The lowest BCUT2D eigenvalue weighted by atomic mass is 10.1. The lowest BCUT2D eigenvalue weighted by molar-refractivity contribution is 0.120. The number of nitrogens with two attached hydrogens (primary N) is 1. The topological polar surface area (TPSA) is 132 Å². The molecule has 10 heteroatoms. The molecule has 3 rings (SSSR count). The first-order chi connectivity index (χ1) is 12.5. The quantitative estimate of drug-likeness (QED) is 0.613. The fourth-order valence-corrected chi connectivity index (χ4v) is 3.17. The Hall–Kier alpha value is -2.30. The molecule has 1 aliphatic rings. The molecule has 0 saturated carbocycles. The molecule has 1 saturated heterocycles. The van der Waals surface area contributed by atoms with E-state index in [0.29, 0.717) is 31.3 Å². The third-order valence-electron chi connectivity index (χ3n) is 4.04. The van der Waals surface area contributed by atoms with Gasteiger partial charge in [-0.3, -0.25) is 0 Å². The van der Waals surface area contributed by atoms with Crippen molar-refractivity contribution in [3.05, 3.63) is 36.0 Å². The van der Waals surface area contributed by atoms with Gasteiger partial charge in [-0.1, -0.05) is 12.1 Å². The van der Waals surface area contributed by atoms with Crippen molar-refractivity contribution in [2.45, 2.75) is 30.3 Å². The van der Waals surface area contributed by atoms with Crippen LogP contribution in [0.5, 0.6) is 0 Å². The van der Waals surface area contributed by atoms with Crippen LogP contribution in [-0.2, 0) is 21.2 Å². The van der Waals surface area contributed by atoms with Crippen LogP contribution in [0.1, 0.15) is 18.4 Å². The van der Waals surface area contributed by atoms with E-state index in [0.717, 1.165) is 25.0 Å². The number of ether oxygens (including phenoxy) is 1. The zero-order valence-electron chi connectivity index (χ0n) is 14.3. The van der Waals surface area contributed by atoms with Crippen molar-refractivity contribution < 1.29 is 13.2 Å². The highest BCUT2D eigenvalue weighted by atomic mass is 32.2. The largest absolute Gasteiger partial charge is 0.376 e. The second-order valence-electron chi connectivity index (χ2n) is 6.05. The van der Waals surface area contributed by atoms with Crippen LogP contribution >= 0.6 is 0 Å². The molecule has 0 amide bonds. The maximum atomic E-state index is 11.2. The number of aromatic nitrogens is 3. The molecule has 9 nitrogen and oxygen atoms in total. The lowest BCUT2D eigenvalue weighted by Crippen LogP contribution is -2.20. The molecule has 1 aliphatic heterocycles. The van der Waals surface area contributed by atoms with Gasteiger partial charge in [-0.05, 0) is 37.0 Å². The summed E-state index contributed by atoms with van der Waals surface area (Å²) in [6.07, 6.45) is 4.60. The van der Waals surface area contributed by atoms with Gasteiger partial charge in [0.15, 0.2) is 5.82 Å². The third-order valence-corrected chi connectivity index (χ3v) is 4.97. The standard InChI is InChI=1S/C16H22N6O3S/c17-26(23,24)14-5-3-12(4-6-14)7-8-18-15-11-20-22-16(21-15)19-10-13-2-1-9-25-13/h3-6,11,13H,1-2,7-10H2,(H2,17,23,24)(H2,18,19,21,22). The van der Waals surface area contributed by atoms with Crippen molar-refractivity contribution in [2.75, 3.05) is 30.3 Å². The number of rotatable bonds is 8. The van der Waals surface area contributed by atoms with E-state index in [4.69, 9.17) is 9.88 Å². The zero-order chi connectivity index (χ0) is 18.4. The molecule has 26 heavy (non-hydrogen) atoms. The molecule has 1 fully saturated rings. The number of hydrogen-bond acceptors (Lipinski definition) is 8. The van der Waals surface area contributed by atoms with Crippen molar-refractivity contribution in [1.29, 1.82) is 0 Å². The summed E-state index contributed by atoms with van der Waals surface area (Å²) in [7, 11) is -3.66. The van der Waals surface area contributed by atoms with E-state index < -0.39 is 10.0 Å². The lowest BCUT2D eigenvalue weighted by Gasteiger charge is -2.11. The van der Waals surface area contributed by atoms with E-state index in [-0.39, 0.29) is 11.0 Å². The van der Waals surface area contributed by atoms with Crippen molar-refractivity contribution in [3.63, 3.8) is 0 Å². The summed E-state index contributed by atoms with van der Waals surface area (Å²) < 4.78 is 28.0. The first kappa shape index (κ1) is 18.5. The number of nitrogens with one attached hydrogen (secondary N) is 2. The Bertz CT molecular complexity index is 822. The number of sulfonamides is 1. The van der Waals surface area contributed by atoms with Crippen LogP contribution < -0.4 is 15.8 Å². The summed E-state index contributed by atoms with van der Waals surface area (Å²) in [6.45, 7) is 2.10. The van der Waals surface area contributed by atoms with Gasteiger partial charge in [0.05, 0.1) is 17.2 Å². The second kappa shape index (κ2) is 8.39. The molecule has 140 valence electrons. The maximum Gasteiger partial charge on any atom is 0.244 e. The first-order valence-corrected chi connectivity index (χ1v) is 9.96. The van der Waals surface area contributed by atoms with Gasteiger partial charge in [0.2, 0.25) is 16.0 Å². The normalized spacial score (nSPS) is 17.2. The van der Waals surface area contributed by atoms with Crippen molar-refractivity contribution in [2.24, 2.45) is 5.14 Å². The Morgan fingerprint density at radius 2 is 2.04 bits per heavy atom. The predicted molar refractivity (Wildman–Crippen MR) is 97.3 cm³/mol. The van der Waals surface area contributed by atoms with E-state index in [1.54, 1.807) is 18.3 Å². The van der Waals surface area contributed by atoms with Gasteiger partial charge in [0, 0.05) is 19.7 Å². The van der Waals surface area contributed by atoms with Gasteiger partial charge in [0.1, 0.15) is 0 Å². The van der Waals surface area contributed by atoms with Crippen LogP contribution in [0.15, 0.2) is 35.4 Å². The molecule has 2 aromatic rings. The second-order valence-corrected chi connectivity index (χ2v) is 7.61. The fourth-order valence-electron chi connectivity index (χ4n) is 2.65.